The molecule has 20 heavy (non-hydrogen) atoms. The molecule has 0 aromatic rings. The van der Waals surface area contributed by atoms with Crippen molar-refractivity contribution >= 4 is 0 Å². The molecule has 0 atom stereocenters. The van der Waals surface area contributed by atoms with Crippen molar-refractivity contribution < 1.29 is 80.0 Å². The summed E-state index contributed by atoms with van der Waals surface area (Å²) >= 11 is 0.0833. The molecule has 0 N–H and O–H groups in total. The quantitative estimate of drug-likeness (QED) is 0.443. The monoisotopic (exact) mass is 362 g/mol. The van der Waals surface area contributed by atoms with Gasteiger partial charge in [-0.3, -0.25) is 0 Å². The van der Waals surface area contributed by atoms with E-state index in [1.165, 1.54) is 25.7 Å². The van der Waals surface area contributed by atoms with E-state index >= 15 is 0 Å². The van der Waals surface area contributed by atoms with Crippen LogP contribution in [0.25, 0.3) is 0 Å². The molecular formula is C14H18Cl3LiOTi. The summed E-state index contributed by atoms with van der Waals surface area (Å²) in [5, 5.41) is 0. The Balaban J connectivity index is -0.000000283. The first-order chi connectivity index (χ1) is 7.95. The van der Waals surface area contributed by atoms with Crippen LogP contribution in [0.4, 0.5) is 0 Å². The van der Waals surface area contributed by atoms with Gasteiger partial charge in [-0.1, -0.05) is 0 Å². The maximum Gasteiger partial charge on any atom is 1.00 e. The van der Waals surface area contributed by atoms with Gasteiger partial charge in [0.15, 0.2) is 0 Å². The predicted molar refractivity (Wildman–Crippen MR) is 63.7 cm³/mol. The smallest absolute Gasteiger partial charge is 1.00 e. The fourth-order valence-corrected chi connectivity index (χ4v) is 3.69. The Kier molecular flexibility index (Phi) is 21.4. The fraction of sp³-hybridized carbons (Fsp3) is 0.429. The molecule has 1 fully saturated rings. The maximum atomic E-state index is 4.94. The van der Waals surface area contributed by atoms with Crippen LogP contribution in [0.3, 0.4) is 0 Å². The van der Waals surface area contributed by atoms with Gasteiger partial charge in [-0.15, -0.1) is 0 Å². The number of hydrogen-bond acceptors (Lipinski definition) is 1. The largest absolute Gasteiger partial charge is 1.00 e. The minimum Gasteiger partial charge on any atom is -1.00 e. The van der Waals surface area contributed by atoms with Crippen molar-refractivity contribution in [1.82, 2.24) is 0 Å². The molecule has 2 aliphatic carbocycles. The van der Waals surface area contributed by atoms with Gasteiger partial charge >= 0.3 is 95.1 Å². The van der Waals surface area contributed by atoms with Gasteiger partial charge in [-0.05, 0) is 12.8 Å². The summed E-state index contributed by atoms with van der Waals surface area (Å²) in [4.78, 5) is 0. The normalized spacial score (nSPS) is 17.0. The Labute approximate surface area is 162 Å². The van der Waals surface area contributed by atoms with E-state index in [1.807, 2.05) is 0 Å². The van der Waals surface area contributed by atoms with Crippen LogP contribution in [0.1, 0.15) is 25.7 Å². The second-order valence-corrected chi connectivity index (χ2v) is 6.49. The maximum absolute atomic E-state index is 4.94. The molecule has 0 aromatic heterocycles. The Bertz CT molecular complexity index is 315. The van der Waals surface area contributed by atoms with E-state index in [2.05, 4.69) is 36.5 Å². The second kappa shape index (κ2) is 16.5. The second-order valence-electron chi connectivity index (χ2n) is 4.09. The van der Waals surface area contributed by atoms with Gasteiger partial charge in [0.2, 0.25) is 0 Å². The SMILES string of the molecule is C1=CC[C]([Ti+2][C]2=CC=CC2)=C1.C1CCOC1.[Cl-].[Cl-].[Cl-].[Li+]. The third-order valence-electron chi connectivity index (χ3n) is 2.69. The molecule has 106 valence electrons. The van der Waals surface area contributed by atoms with E-state index in [1.54, 1.807) is 7.76 Å². The van der Waals surface area contributed by atoms with Crippen molar-refractivity contribution in [2.24, 2.45) is 0 Å². The zero-order valence-electron chi connectivity index (χ0n) is 11.7. The van der Waals surface area contributed by atoms with Crippen LogP contribution in [0.15, 0.2) is 44.2 Å². The van der Waals surface area contributed by atoms with Crippen molar-refractivity contribution in [2.75, 3.05) is 13.2 Å². The summed E-state index contributed by atoms with van der Waals surface area (Å²) in [6.07, 6.45) is 18.4. The molecule has 0 bridgehead atoms. The minimum absolute atomic E-state index is 0. The Morgan fingerprint density at radius 3 is 1.50 bits per heavy atom. The molecule has 1 heterocycles. The molecule has 3 aliphatic rings. The molecule has 0 aromatic carbocycles. The van der Waals surface area contributed by atoms with Crippen molar-refractivity contribution in [3.05, 3.63) is 44.2 Å². The molecular weight excluding hydrogens is 345 g/mol. The van der Waals surface area contributed by atoms with Gasteiger partial charge in [-0.2, -0.15) is 0 Å². The van der Waals surface area contributed by atoms with Gasteiger partial charge in [0, 0.05) is 13.2 Å². The Morgan fingerprint density at radius 2 is 1.25 bits per heavy atom. The van der Waals surface area contributed by atoms with E-state index in [0.29, 0.717) is 0 Å². The van der Waals surface area contributed by atoms with E-state index in [4.69, 9.17) is 4.74 Å². The van der Waals surface area contributed by atoms with Crippen LogP contribution in [0, 0.1) is 0 Å². The standard InChI is InChI=1S/2C5H5.C4H8O.3ClH.Li.Ti/c3*1-2-4-5-3-1;;;;;/h2*1-3H,4H2;1-4H2;3*1H;;/q;;;;;;+1;+2/p-3. The number of ether oxygens (including phenoxy) is 1. The van der Waals surface area contributed by atoms with Crippen molar-refractivity contribution in [3.8, 4) is 0 Å². The topological polar surface area (TPSA) is 9.23 Å². The van der Waals surface area contributed by atoms with E-state index in [9.17, 15) is 0 Å². The van der Waals surface area contributed by atoms with Gasteiger partial charge < -0.3 is 42.0 Å². The number of hydrogen-bond donors (Lipinski definition) is 0. The molecule has 1 saturated heterocycles. The Morgan fingerprint density at radius 1 is 0.800 bits per heavy atom. The molecule has 0 spiro atoms. The van der Waals surface area contributed by atoms with E-state index in [-0.39, 0.29) is 75.2 Å². The summed E-state index contributed by atoms with van der Waals surface area (Å²) in [6.45, 7) is 2.00. The molecule has 0 amide bonds. The average molecular weight is 363 g/mol. The van der Waals surface area contributed by atoms with Crippen LogP contribution >= 0.6 is 0 Å². The van der Waals surface area contributed by atoms with Gasteiger partial charge in [-0.25, -0.2) is 0 Å². The molecule has 0 saturated carbocycles. The van der Waals surface area contributed by atoms with Crippen LogP contribution < -0.4 is 56.1 Å². The van der Waals surface area contributed by atoms with Crippen LogP contribution in [-0.4, -0.2) is 13.2 Å². The van der Waals surface area contributed by atoms with Crippen molar-refractivity contribution in [2.45, 2.75) is 25.7 Å². The number of rotatable bonds is 2. The summed E-state index contributed by atoms with van der Waals surface area (Å²) in [6, 6.07) is 0. The average Bonchev–Trinajstić information content (AvgIpc) is 3.05. The summed E-state index contributed by atoms with van der Waals surface area (Å²) in [5.41, 5.74) is 0. The summed E-state index contributed by atoms with van der Waals surface area (Å²) in [7, 11) is 0. The first kappa shape index (κ1) is 26.0. The third-order valence-corrected chi connectivity index (χ3v) is 4.85. The Hall–Kier alpha value is 1.10. The zero-order valence-corrected chi connectivity index (χ0v) is 15.6. The molecule has 1 aliphatic heterocycles. The minimum atomic E-state index is 0. The fourth-order valence-electron chi connectivity index (χ4n) is 1.80. The van der Waals surface area contributed by atoms with Gasteiger partial charge in [0.1, 0.15) is 0 Å². The van der Waals surface area contributed by atoms with Crippen molar-refractivity contribution in [3.63, 3.8) is 0 Å². The van der Waals surface area contributed by atoms with Crippen LogP contribution in [0.2, 0.25) is 0 Å². The van der Waals surface area contributed by atoms with E-state index in [0.717, 1.165) is 13.2 Å². The van der Waals surface area contributed by atoms with Gasteiger partial charge in [0.05, 0.1) is 0 Å². The van der Waals surface area contributed by atoms with Gasteiger partial charge in [0.25, 0.3) is 0 Å². The summed E-state index contributed by atoms with van der Waals surface area (Å²) in [5.74, 6) is 0. The first-order valence-electron chi connectivity index (χ1n) is 6.01. The van der Waals surface area contributed by atoms with E-state index < -0.39 is 0 Å². The summed E-state index contributed by atoms with van der Waals surface area (Å²) < 4.78 is 8.31. The zero-order chi connectivity index (χ0) is 11.1. The molecule has 0 unspecified atom stereocenters. The molecule has 1 nitrogen and oxygen atoms in total. The third kappa shape index (κ3) is 10.8. The molecule has 6 heteroatoms. The van der Waals surface area contributed by atoms with Crippen LogP contribution in [-0.2, 0) is 23.9 Å². The number of allylic oxidation sites excluding steroid dienone is 8. The molecule has 3 rings (SSSR count). The first-order valence-corrected chi connectivity index (χ1v) is 7.57. The molecule has 0 radical (unpaired) electrons. The number of halogens is 3. The van der Waals surface area contributed by atoms with Crippen LogP contribution in [0.5, 0.6) is 0 Å². The van der Waals surface area contributed by atoms with Crippen molar-refractivity contribution in [1.29, 1.82) is 0 Å². The predicted octanol–water partition coefficient (Wildman–Crippen LogP) is -8.43.